The van der Waals surface area contributed by atoms with Crippen molar-refractivity contribution >= 4 is 17.5 Å². The molecule has 0 aliphatic heterocycles. The summed E-state index contributed by atoms with van der Waals surface area (Å²) >= 11 is 5.86. The molecule has 28 heavy (non-hydrogen) atoms. The standard InChI is InChI=1S/C21H19ClN4O2/c22-16-5-1-14(2-6-16)11-24-26-21(27)20-13-23-12-19(25-20)15-3-7-17(8-4-15)28-18-9-10-18/h1-8,12-13,18,24H,9-11H2,(H,26,27). The van der Waals surface area contributed by atoms with Crippen LogP contribution >= 0.6 is 11.6 Å². The summed E-state index contributed by atoms with van der Waals surface area (Å²) in [7, 11) is 0. The fraction of sp³-hybridized carbons (Fsp3) is 0.190. The van der Waals surface area contributed by atoms with Crippen LogP contribution in [0, 0.1) is 0 Å². The third-order valence-electron chi connectivity index (χ3n) is 4.25. The molecule has 1 heterocycles. The van der Waals surface area contributed by atoms with Crippen molar-refractivity contribution in [2.24, 2.45) is 0 Å². The lowest BCUT2D eigenvalue weighted by atomic mass is 10.1. The molecule has 1 aliphatic carbocycles. The van der Waals surface area contributed by atoms with E-state index < -0.39 is 0 Å². The van der Waals surface area contributed by atoms with Gasteiger partial charge in [0.05, 0.1) is 24.2 Å². The van der Waals surface area contributed by atoms with E-state index in [1.165, 1.54) is 6.20 Å². The van der Waals surface area contributed by atoms with E-state index in [-0.39, 0.29) is 11.6 Å². The molecule has 1 amide bonds. The Morgan fingerprint density at radius 2 is 1.82 bits per heavy atom. The molecule has 0 saturated heterocycles. The molecule has 142 valence electrons. The second-order valence-electron chi connectivity index (χ2n) is 6.57. The second-order valence-corrected chi connectivity index (χ2v) is 7.00. The molecule has 1 aliphatic rings. The van der Waals surface area contributed by atoms with Gasteiger partial charge in [0.1, 0.15) is 11.4 Å². The first-order chi connectivity index (χ1) is 13.7. The van der Waals surface area contributed by atoms with Gasteiger partial charge in [-0.05, 0) is 54.8 Å². The fourth-order valence-electron chi connectivity index (χ4n) is 2.59. The number of carbonyl (C=O) groups excluding carboxylic acids is 1. The van der Waals surface area contributed by atoms with Gasteiger partial charge in [0.2, 0.25) is 0 Å². The van der Waals surface area contributed by atoms with E-state index in [9.17, 15) is 4.79 Å². The van der Waals surface area contributed by atoms with Gasteiger partial charge in [-0.3, -0.25) is 15.2 Å². The molecule has 2 aromatic carbocycles. The number of rotatable bonds is 7. The van der Waals surface area contributed by atoms with E-state index in [1.807, 2.05) is 36.4 Å². The highest BCUT2D eigenvalue weighted by atomic mass is 35.5. The maximum atomic E-state index is 12.3. The number of halogens is 1. The van der Waals surface area contributed by atoms with Gasteiger partial charge in [0, 0.05) is 17.1 Å². The third kappa shape index (κ3) is 4.85. The van der Waals surface area contributed by atoms with Crippen molar-refractivity contribution in [1.82, 2.24) is 20.8 Å². The van der Waals surface area contributed by atoms with Crippen LogP contribution in [0.4, 0.5) is 0 Å². The summed E-state index contributed by atoms with van der Waals surface area (Å²) < 4.78 is 5.75. The molecule has 0 radical (unpaired) electrons. The van der Waals surface area contributed by atoms with Crippen molar-refractivity contribution < 1.29 is 9.53 Å². The molecule has 3 aromatic rings. The van der Waals surface area contributed by atoms with Crippen LogP contribution in [0.25, 0.3) is 11.3 Å². The molecule has 0 spiro atoms. The maximum absolute atomic E-state index is 12.3. The molecule has 2 N–H and O–H groups in total. The monoisotopic (exact) mass is 394 g/mol. The molecule has 0 unspecified atom stereocenters. The summed E-state index contributed by atoms with van der Waals surface area (Å²) in [5, 5.41) is 0.673. The first kappa shape index (κ1) is 18.4. The average molecular weight is 395 g/mol. The number of benzene rings is 2. The minimum absolute atomic E-state index is 0.236. The number of amides is 1. The van der Waals surface area contributed by atoms with Gasteiger partial charge in [0.25, 0.3) is 5.91 Å². The van der Waals surface area contributed by atoms with Crippen LogP contribution in [-0.4, -0.2) is 22.0 Å². The summed E-state index contributed by atoms with van der Waals surface area (Å²) in [6.45, 7) is 0.471. The summed E-state index contributed by atoms with van der Waals surface area (Å²) in [4.78, 5) is 20.9. The van der Waals surface area contributed by atoms with Crippen molar-refractivity contribution in [2.75, 3.05) is 0 Å². The zero-order chi connectivity index (χ0) is 19.3. The van der Waals surface area contributed by atoms with Crippen molar-refractivity contribution in [1.29, 1.82) is 0 Å². The van der Waals surface area contributed by atoms with Crippen LogP contribution in [-0.2, 0) is 6.54 Å². The van der Waals surface area contributed by atoms with Gasteiger partial charge >= 0.3 is 0 Å². The fourth-order valence-corrected chi connectivity index (χ4v) is 2.72. The Hall–Kier alpha value is -2.96. The van der Waals surface area contributed by atoms with Crippen molar-refractivity contribution in [3.8, 4) is 17.0 Å². The van der Waals surface area contributed by atoms with Crippen LogP contribution in [0.5, 0.6) is 5.75 Å². The van der Waals surface area contributed by atoms with E-state index in [0.717, 1.165) is 29.7 Å². The molecular weight excluding hydrogens is 376 g/mol. The van der Waals surface area contributed by atoms with Crippen LogP contribution in [0.2, 0.25) is 5.02 Å². The largest absolute Gasteiger partial charge is 0.490 e. The van der Waals surface area contributed by atoms with E-state index in [0.29, 0.717) is 23.4 Å². The summed E-state index contributed by atoms with van der Waals surface area (Å²) in [5.41, 5.74) is 8.25. The van der Waals surface area contributed by atoms with Gasteiger partial charge in [-0.2, -0.15) is 0 Å². The third-order valence-corrected chi connectivity index (χ3v) is 4.50. The average Bonchev–Trinajstić information content (AvgIpc) is 3.54. The van der Waals surface area contributed by atoms with E-state index >= 15 is 0 Å². The van der Waals surface area contributed by atoms with Crippen LogP contribution < -0.4 is 15.6 Å². The molecule has 4 rings (SSSR count). The Balaban J connectivity index is 1.36. The topological polar surface area (TPSA) is 76.1 Å². The van der Waals surface area contributed by atoms with E-state index in [1.54, 1.807) is 18.3 Å². The molecular formula is C21H19ClN4O2. The van der Waals surface area contributed by atoms with Crippen molar-refractivity contribution in [3.63, 3.8) is 0 Å². The number of carbonyl (C=O) groups is 1. The Kier molecular flexibility index (Phi) is 5.50. The Morgan fingerprint density at radius 3 is 2.54 bits per heavy atom. The molecule has 0 bridgehead atoms. The lowest BCUT2D eigenvalue weighted by Gasteiger charge is -2.08. The highest BCUT2D eigenvalue weighted by Gasteiger charge is 2.23. The predicted molar refractivity (Wildman–Crippen MR) is 107 cm³/mol. The Morgan fingerprint density at radius 1 is 1.07 bits per heavy atom. The zero-order valence-corrected chi connectivity index (χ0v) is 15.8. The molecule has 1 fully saturated rings. The minimum Gasteiger partial charge on any atom is -0.490 e. The number of nitrogens with zero attached hydrogens (tertiary/aromatic N) is 2. The van der Waals surface area contributed by atoms with Gasteiger partial charge in [-0.1, -0.05) is 23.7 Å². The molecule has 1 saturated carbocycles. The lowest BCUT2D eigenvalue weighted by molar-refractivity contribution is 0.0927. The summed E-state index contributed by atoms with van der Waals surface area (Å²) in [5.74, 6) is 0.497. The maximum Gasteiger partial charge on any atom is 0.285 e. The minimum atomic E-state index is -0.350. The summed E-state index contributed by atoms with van der Waals surface area (Å²) in [6.07, 6.45) is 5.67. The number of aromatic nitrogens is 2. The number of hydrazine groups is 1. The quantitative estimate of drug-likeness (QED) is 0.596. The lowest BCUT2D eigenvalue weighted by Crippen LogP contribution is -2.37. The second kappa shape index (κ2) is 8.37. The summed E-state index contributed by atoms with van der Waals surface area (Å²) in [6, 6.07) is 15.0. The smallest absolute Gasteiger partial charge is 0.285 e. The van der Waals surface area contributed by atoms with Gasteiger partial charge in [-0.25, -0.2) is 10.4 Å². The van der Waals surface area contributed by atoms with Crippen LogP contribution in [0.3, 0.4) is 0 Å². The van der Waals surface area contributed by atoms with Gasteiger partial charge in [-0.15, -0.1) is 0 Å². The molecule has 1 aromatic heterocycles. The highest BCUT2D eigenvalue weighted by molar-refractivity contribution is 6.30. The first-order valence-corrected chi connectivity index (χ1v) is 9.42. The van der Waals surface area contributed by atoms with Crippen LogP contribution in [0.1, 0.15) is 28.9 Å². The molecule has 0 atom stereocenters. The normalized spacial score (nSPS) is 13.2. The van der Waals surface area contributed by atoms with Crippen molar-refractivity contribution in [2.45, 2.75) is 25.5 Å². The molecule has 6 nitrogen and oxygen atoms in total. The van der Waals surface area contributed by atoms with E-state index in [4.69, 9.17) is 16.3 Å². The SMILES string of the molecule is O=C(NNCc1ccc(Cl)cc1)c1cncc(-c2ccc(OC3CC3)cc2)n1. The highest BCUT2D eigenvalue weighted by Crippen LogP contribution is 2.28. The van der Waals surface area contributed by atoms with Crippen LogP contribution in [0.15, 0.2) is 60.9 Å². The number of nitrogens with one attached hydrogen (secondary N) is 2. The Labute approximate surface area is 167 Å². The van der Waals surface area contributed by atoms with Gasteiger partial charge in [0.15, 0.2) is 0 Å². The number of ether oxygens (including phenoxy) is 1. The van der Waals surface area contributed by atoms with Gasteiger partial charge < -0.3 is 4.74 Å². The Bertz CT molecular complexity index is 957. The van der Waals surface area contributed by atoms with E-state index in [2.05, 4.69) is 20.8 Å². The van der Waals surface area contributed by atoms with Crippen molar-refractivity contribution in [3.05, 3.63) is 77.2 Å². The number of hydrogen-bond donors (Lipinski definition) is 2. The number of hydrogen-bond acceptors (Lipinski definition) is 5. The molecule has 7 heteroatoms. The first-order valence-electron chi connectivity index (χ1n) is 9.04. The predicted octanol–water partition coefficient (Wildman–Crippen LogP) is 3.77. The zero-order valence-electron chi connectivity index (χ0n) is 15.1.